The third-order valence-corrected chi connectivity index (χ3v) is 4.56. The molecule has 0 radical (unpaired) electrons. The third kappa shape index (κ3) is 3.22. The minimum absolute atomic E-state index is 0.187. The number of nitrogens with zero attached hydrogens (tertiary/aromatic N) is 2. The van der Waals surface area contributed by atoms with Crippen LogP contribution in [0.2, 0.25) is 0 Å². The number of nitriles is 1. The predicted octanol–water partition coefficient (Wildman–Crippen LogP) is 5.18. The van der Waals surface area contributed by atoms with Crippen molar-refractivity contribution < 1.29 is 4.39 Å². The predicted molar refractivity (Wildman–Crippen MR) is 108 cm³/mol. The molecule has 0 N–H and O–H groups in total. The molecular weight excluding hydrogens is 351 g/mol. The largest absolute Gasteiger partial charge is 0.284 e. The molecule has 0 unspecified atom stereocenters. The van der Waals surface area contributed by atoms with E-state index in [1.165, 1.54) is 16.7 Å². The third-order valence-electron chi connectivity index (χ3n) is 4.56. The lowest BCUT2D eigenvalue weighted by molar-refractivity contribution is 0.631. The van der Waals surface area contributed by atoms with Gasteiger partial charge >= 0.3 is 0 Å². The molecule has 3 nitrogen and oxygen atoms in total. The maximum Gasteiger partial charge on any atom is 0.255 e. The van der Waals surface area contributed by atoms with E-state index in [4.69, 9.17) is 0 Å². The number of aromatic nitrogens is 1. The second-order valence-electron chi connectivity index (χ2n) is 6.31. The van der Waals surface area contributed by atoms with E-state index in [2.05, 4.69) is 6.07 Å². The monoisotopic (exact) mass is 366 g/mol. The first-order chi connectivity index (χ1) is 13.7. The molecule has 0 aliphatic rings. The first kappa shape index (κ1) is 17.4. The van der Waals surface area contributed by atoms with Gasteiger partial charge in [-0.3, -0.25) is 9.36 Å². The zero-order valence-corrected chi connectivity index (χ0v) is 14.8. The molecule has 0 atom stereocenters. The molecule has 0 saturated carbocycles. The van der Waals surface area contributed by atoms with E-state index in [9.17, 15) is 14.4 Å². The van der Waals surface area contributed by atoms with Gasteiger partial charge in [0, 0.05) is 23.5 Å². The van der Waals surface area contributed by atoms with Crippen LogP contribution in [0.5, 0.6) is 0 Å². The van der Waals surface area contributed by atoms with Crippen molar-refractivity contribution in [2.45, 2.75) is 0 Å². The number of rotatable bonds is 3. The average molecular weight is 366 g/mol. The van der Waals surface area contributed by atoms with Crippen LogP contribution in [-0.2, 0) is 0 Å². The summed E-state index contributed by atoms with van der Waals surface area (Å²) in [6.07, 6.45) is 1.67. The molecule has 4 heteroatoms. The van der Waals surface area contributed by atoms with Crippen molar-refractivity contribution in [3.63, 3.8) is 0 Å². The Labute approximate surface area is 161 Å². The molecule has 1 heterocycles. The highest BCUT2D eigenvalue weighted by atomic mass is 19.1. The number of benzene rings is 3. The lowest BCUT2D eigenvalue weighted by atomic mass is 9.95. The second kappa shape index (κ2) is 7.34. The van der Waals surface area contributed by atoms with Crippen LogP contribution in [0.4, 0.5) is 4.39 Å². The van der Waals surface area contributed by atoms with Gasteiger partial charge in [-0.15, -0.1) is 0 Å². The number of pyridine rings is 1. The highest BCUT2D eigenvalue weighted by molar-refractivity contribution is 5.79. The van der Waals surface area contributed by atoms with Crippen LogP contribution in [-0.4, -0.2) is 4.57 Å². The number of hydrogen-bond donors (Lipinski definition) is 0. The van der Waals surface area contributed by atoms with Gasteiger partial charge in [-0.2, -0.15) is 5.26 Å². The van der Waals surface area contributed by atoms with Gasteiger partial charge in [-0.05, 0) is 53.1 Å². The van der Waals surface area contributed by atoms with Gasteiger partial charge in [0.1, 0.15) is 5.82 Å². The summed E-state index contributed by atoms with van der Waals surface area (Å²) in [4.78, 5) is 12.3. The quantitative estimate of drug-likeness (QED) is 0.501. The lowest BCUT2D eigenvalue weighted by Gasteiger charge is -2.13. The van der Waals surface area contributed by atoms with Gasteiger partial charge in [0.05, 0.1) is 11.6 Å². The van der Waals surface area contributed by atoms with E-state index in [-0.39, 0.29) is 11.4 Å². The average Bonchev–Trinajstić information content (AvgIpc) is 2.74. The fourth-order valence-corrected chi connectivity index (χ4v) is 3.23. The van der Waals surface area contributed by atoms with Crippen LogP contribution in [0.3, 0.4) is 0 Å². The SMILES string of the molecule is N#Cc1ccccc1-c1cc(-c2ccccc2F)cc(-n2ccccc2=O)c1. The lowest BCUT2D eigenvalue weighted by Crippen LogP contribution is -2.15. The van der Waals surface area contributed by atoms with Crippen molar-refractivity contribution in [3.8, 4) is 34.0 Å². The first-order valence-corrected chi connectivity index (χ1v) is 8.75. The highest BCUT2D eigenvalue weighted by Crippen LogP contribution is 2.32. The van der Waals surface area contributed by atoms with Crippen molar-refractivity contribution in [2.75, 3.05) is 0 Å². The summed E-state index contributed by atoms with van der Waals surface area (Å²) >= 11 is 0. The van der Waals surface area contributed by atoms with Crippen molar-refractivity contribution in [1.29, 1.82) is 5.26 Å². The molecule has 0 amide bonds. The minimum Gasteiger partial charge on any atom is -0.284 e. The van der Waals surface area contributed by atoms with Gasteiger partial charge in [-0.1, -0.05) is 42.5 Å². The Balaban J connectivity index is 2.02. The number of halogens is 1. The Kier molecular flexibility index (Phi) is 4.57. The van der Waals surface area contributed by atoms with Crippen molar-refractivity contribution in [1.82, 2.24) is 4.57 Å². The Bertz CT molecular complexity index is 1270. The van der Waals surface area contributed by atoms with E-state index >= 15 is 0 Å². The van der Waals surface area contributed by atoms with Crippen LogP contribution in [0.15, 0.2) is 95.9 Å². The smallest absolute Gasteiger partial charge is 0.255 e. The summed E-state index contributed by atoms with van der Waals surface area (Å²) in [5.41, 5.74) is 3.47. The zero-order valence-electron chi connectivity index (χ0n) is 14.8. The highest BCUT2D eigenvalue weighted by Gasteiger charge is 2.12. The summed E-state index contributed by atoms with van der Waals surface area (Å²) in [6, 6.07) is 26.3. The number of hydrogen-bond acceptors (Lipinski definition) is 2. The minimum atomic E-state index is -0.348. The van der Waals surface area contributed by atoms with Crippen molar-refractivity contribution in [2.24, 2.45) is 0 Å². The molecule has 0 spiro atoms. The molecule has 4 aromatic rings. The second-order valence-corrected chi connectivity index (χ2v) is 6.31. The Hall–Kier alpha value is -3.97. The normalized spacial score (nSPS) is 10.4. The summed E-state index contributed by atoms with van der Waals surface area (Å²) in [6.45, 7) is 0. The van der Waals surface area contributed by atoms with Gasteiger partial charge < -0.3 is 0 Å². The Morgan fingerprint density at radius 3 is 2.14 bits per heavy atom. The fourth-order valence-electron chi connectivity index (χ4n) is 3.23. The van der Waals surface area contributed by atoms with E-state index in [0.717, 1.165) is 11.1 Å². The molecule has 3 aromatic carbocycles. The van der Waals surface area contributed by atoms with Gasteiger partial charge in [0.2, 0.25) is 0 Å². The van der Waals surface area contributed by atoms with Crippen LogP contribution >= 0.6 is 0 Å². The molecular formula is C24H15FN2O. The molecule has 1 aromatic heterocycles. The molecule has 28 heavy (non-hydrogen) atoms. The fraction of sp³-hybridized carbons (Fsp3) is 0. The van der Waals surface area contributed by atoms with Crippen LogP contribution < -0.4 is 5.56 Å². The van der Waals surface area contributed by atoms with Gasteiger partial charge in [0.25, 0.3) is 5.56 Å². The first-order valence-electron chi connectivity index (χ1n) is 8.75. The van der Waals surface area contributed by atoms with E-state index < -0.39 is 0 Å². The van der Waals surface area contributed by atoms with Crippen molar-refractivity contribution >= 4 is 0 Å². The topological polar surface area (TPSA) is 45.8 Å². The maximum absolute atomic E-state index is 14.4. The van der Waals surface area contributed by atoms with E-state index in [1.54, 1.807) is 54.7 Å². The molecule has 134 valence electrons. The summed E-state index contributed by atoms with van der Waals surface area (Å²) in [5, 5.41) is 9.48. The standard InChI is InChI=1S/C24H15FN2O/c25-23-10-4-3-9-22(23)19-13-18(21-8-2-1-7-17(21)16-26)14-20(15-19)27-12-6-5-11-24(27)28/h1-15H. The molecule has 0 aliphatic heterocycles. The maximum atomic E-state index is 14.4. The van der Waals surface area contributed by atoms with Crippen molar-refractivity contribution in [3.05, 3.63) is 113 Å². The Morgan fingerprint density at radius 2 is 1.43 bits per heavy atom. The van der Waals surface area contributed by atoms with E-state index in [0.29, 0.717) is 22.4 Å². The summed E-state index contributed by atoms with van der Waals surface area (Å²) in [7, 11) is 0. The van der Waals surface area contributed by atoms with Crippen LogP contribution in [0.1, 0.15) is 5.56 Å². The molecule has 0 fully saturated rings. The Morgan fingerprint density at radius 1 is 0.786 bits per heavy atom. The summed E-state index contributed by atoms with van der Waals surface area (Å²) in [5.74, 6) is -0.348. The molecule has 0 bridgehead atoms. The van der Waals surface area contributed by atoms with E-state index in [1.807, 2.05) is 24.3 Å². The molecule has 0 aliphatic carbocycles. The zero-order chi connectivity index (χ0) is 19.5. The molecule has 0 saturated heterocycles. The summed E-state index contributed by atoms with van der Waals surface area (Å²) < 4.78 is 16.0. The van der Waals surface area contributed by atoms with Gasteiger partial charge in [0.15, 0.2) is 0 Å². The van der Waals surface area contributed by atoms with Gasteiger partial charge in [-0.25, -0.2) is 4.39 Å². The van der Waals surface area contributed by atoms with Crippen LogP contribution in [0, 0.1) is 17.1 Å². The van der Waals surface area contributed by atoms with Crippen LogP contribution in [0.25, 0.3) is 27.9 Å². The molecule has 4 rings (SSSR count).